The van der Waals surface area contributed by atoms with Crippen LogP contribution in [-0.4, -0.2) is 33.5 Å². The minimum atomic E-state index is -3.19. The third-order valence-electron chi connectivity index (χ3n) is 1.86. The number of hydrogen-bond acceptors (Lipinski definition) is 6. The summed E-state index contributed by atoms with van der Waals surface area (Å²) in [6.07, 6.45) is 1.08. The van der Waals surface area contributed by atoms with Crippen molar-refractivity contribution in [3.63, 3.8) is 0 Å². The molecular formula is C9H13NO5S. The van der Waals surface area contributed by atoms with Crippen LogP contribution in [0.25, 0.3) is 0 Å². The second kappa shape index (κ2) is 4.67. The first-order valence-electron chi connectivity index (χ1n) is 4.45. The van der Waals surface area contributed by atoms with E-state index in [0.29, 0.717) is 0 Å². The van der Waals surface area contributed by atoms with Gasteiger partial charge < -0.3 is 14.9 Å². The van der Waals surface area contributed by atoms with E-state index in [9.17, 15) is 13.2 Å². The molecule has 0 radical (unpaired) electrons. The van der Waals surface area contributed by atoms with E-state index in [1.54, 1.807) is 0 Å². The second-order valence-electron chi connectivity index (χ2n) is 3.39. The van der Waals surface area contributed by atoms with Gasteiger partial charge in [-0.1, -0.05) is 0 Å². The van der Waals surface area contributed by atoms with Crippen molar-refractivity contribution in [2.45, 2.75) is 6.04 Å². The quantitative estimate of drug-likeness (QED) is 0.758. The van der Waals surface area contributed by atoms with E-state index in [1.165, 1.54) is 19.2 Å². The highest BCUT2D eigenvalue weighted by molar-refractivity contribution is 7.90. The van der Waals surface area contributed by atoms with Gasteiger partial charge in [0.1, 0.15) is 15.6 Å². The molecule has 0 amide bonds. The fourth-order valence-corrected chi connectivity index (χ4v) is 1.99. The molecule has 0 spiro atoms. The zero-order valence-electron chi connectivity index (χ0n) is 8.97. The normalized spacial score (nSPS) is 13.4. The number of ether oxygens (including phenoxy) is 1. The van der Waals surface area contributed by atoms with Crippen molar-refractivity contribution >= 4 is 15.8 Å². The minimum absolute atomic E-state index is 0.00134. The van der Waals surface area contributed by atoms with Gasteiger partial charge in [-0.2, -0.15) is 0 Å². The zero-order valence-corrected chi connectivity index (χ0v) is 9.78. The Balaban J connectivity index is 2.82. The van der Waals surface area contributed by atoms with Gasteiger partial charge in [0, 0.05) is 6.26 Å². The molecule has 90 valence electrons. The number of carbonyl (C=O) groups is 1. The first-order chi connectivity index (χ1) is 7.33. The van der Waals surface area contributed by atoms with Crippen LogP contribution in [0.4, 0.5) is 0 Å². The Kier molecular flexibility index (Phi) is 3.71. The Morgan fingerprint density at radius 2 is 2.19 bits per heavy atom. The highest BCUT2D eigenvalue weighted by atomic mass is 32.2. The van der Waals surface area contributed by atoms with Gasteiger partial charge in [-0.15, -0.1) is 0 Å². The predicted molar refractivity (Wildman–Crippen MR) is 56.7 cm³/mol. The number of hydrogen-bond donors (Lipinski definition) is 1. The number of esters is 1. The van der Waals surface area contributed by atoms with E-state index < -0.39 is 21.8 Å². The zero-order chi connectivity index (χ0) is 12.3. The molecule has 1 heterocycles. The number of nitrogens with two attached hydrogens (primary N) is 1. The van der Waals surface area contributed by atoms with Crippen LogP contribution in [0.15, 0.2) is 16.5 Å². The Bertz CT molecular complexity index is 476. The molecule has 6 nitrogen and oxygen atoms in total. The van der Waals surface area contributed by atoms with E-state index in [1.807, 2.05) is 0 Å². The van der Waals surface area contributed by atoms with E-state index in [-0.39, 0.29) is 17.3 Å². The fourth-order valence-electron chi connectivity index (χ4n) is 1.17. The molecule has 0 bridgehead atoms. The first-order valence-corrected chi connectivity index (χ1v) is 6.51. The smallest absolute Gasteiger partial charge is 0.373 e. The minimum Gasteiger partial charge on any atom is -0.463 e. The van der Waals surface area contributed by atoms with Crippen LogP contribution < -0.4 is 5.73 Å². The molecule has 0 aliphatic carbocycles. The molecule has 1 aromatic rings. The average Bonchev–Trinajstić information content (AvgIpc) is 2.62. The summed E-state index contributed by atoms with van der Waals surface area (Å²) in [6.45, 7) is 0. The third-order valence-corrected chi connectivity index (χ3v) is 2.83. The van der Waals surface area contributed by atoms with Crippen LogP contribution >= 0.6 is 0 Å². The SMILES string of the molecule is COC(=O)c1ccc(C(N)CS(C)(=O)=O)o1. The number of furan rings is 1. The summed E-state index contributed by atoms with van der Waals surface area (Å²) >= 11 is 0. The summed E-state index contributed by atoms with van der Waals surface area (Å²) in [7, 11) is -1.97. The number of sulfone groups is 1. The Morgan fingerprint density at radius 1 is 1.56 bits per heavy atom. The van der Waals surface area contributed by atoms with Gasteiger partial charge in [-0.3, -0.25) is 0 Å². The van der Waals surface area contributed by atoms with Gasteiger partial charge in [-0.25, -0.2) is 13.2 Å². The molecule has 1 aromatic heterocycles. The van der Waals surface area contributed by atoms with Crippen LogP contribution in [-0.2, 0) is 14.6 Å². The molecule has 0 saturated carbocycles. The standard InChI is InChI=1S/C9H13NO5S/c1-14-9(11)8-4-3-7(15-8)6(10)5-16(2,12)13/h3-4,6H,5,10H2,1-2H3. The predicted octanol–water partition coefficient (Wildman–Crippen LogP) is 0.111. The van der Waals surface area contributed by atoms with Gasteiger partial charge in [0.25, 0.3) is 0 Å². The third kappa shape index (κ3) is 3.35. The molecule has 16 heavy (non-hydrogen) atoms. The van der Waals surface area contributed by atoms with Gasteiger partial charge >= 0.3 is 5.97 Å². The summed E-state index contributed by atoms with van der Waals surface area (Å²) in [4.78, 5) is 11.1. The van der Waals surface area contributed by atoms with Crippen LogP contribution in [0.3, 0.4) is 0 Å². The Morgan fingerprint density at radius 3 is 2.69 bits per heavy atom. The molecule has 0 aliphatic heterocycles. The topological polar surface area (TPSA) is 99.6 Å². The highest BCUT2D eigenvalue weighted by Gasteiger charge is 2.18. The molecule has 1 atom stereocenters. The summed E-state index contributed by atoms with van der Waals surface area (Å²) in [5.74, 6) is -0.619. The molecule has 7 heteroatoms. The molecular weight excluding hydrogens is 234 g/mol. The number of methoxy groups -OCH3 is 1. The van der Waals surface area contributed by atoms with Crippen LogP contribution in [0, 0.1) is 0 Å². The van der Waals surface area contributed by atoms with Crippen molar-refractivity contribution in [2.75, 3.05) is 19.1 Å². The average molecular weight is 247 g/mol. The van der Waals surface area contributed by atoms with Gasteiger partial charge in [0.15, 0.2) is 0 Å². The maximum absolute atomic E-state index is 11.1. The van der Waals surface area contributed by atoms with Crippen molar-refractivity contribution in [1.82, 2.24) is 0 Å². The van der Waals surface area contributed by atoms with Crippen molar-refractivity contribution < 1.29 is 22.4 Å². The largest absolute Gasteiger partial charge is 0.463 e. The summed E-state index contributed by atoms with van der Waals surface area (Å²) in [5.41, 5.74) is 5.61. The first kappa shape index (κ1) is 12.7. The molecule has 2 N–H and O–H groups in total. The lowest BCUT2D eigenvalue weighted by Crippen LogP contribution is -2.20. The molecule has 0 saturated heterocycles. The second-order valence-corrected chi connectivity index (χ2v) is 5.58. The molecule has 1 rings (SSSR count). The summed E-state index contributed by atoms with van der Waals surface area (Å²) in [5, 5.41) is 0. The Labute approximate surface area is 93.3 Å². The maximum Gasteiger partial charge on any atom is 0.373 e. The van der Waals surface area contributed by atoms with Gasteiger partial charge in [-0.05, 0) is 12.1 Å². The van der Waals surface area contributed by atoms with E-state index >= 15 is 0 Å². The van der Waals surface area contributed by atoms with Crippen molar-refractivity contribution in [3.05, 3.63) is 23.7 Å². The lowest BCUT2D eigenvalue weighted by atomic mass is 10.3. The van der Waals surface area contributed by atoms with Crippen LogP contribution in [0.5, 0.6) is 0 Å². The lowest BCUT2D eigenvalue weighted by Gasteiger charge is -2.06. The van der Waals surface area contributed by atoms with Gasteiger partial charge in [0.2, 0.25) is 5.76 Å². The lowest BCUT2D eigenvalue weighted by molar-refractivity contribution is 0.0562. The van der Waals surface area contributed by atoms with Crippen LogP contribution in [0.2, 0.25) is 0 Å². The maximum atomic E-state index is 11.1. The van der Waals surface area contributed by atoms with Crippen molar-refractivity contribution in [3.8, 4) is 0 Å². The van der Waals surface area contributed by atoms with Crippen molar-refractivity contribution in [2.24, 2.45) is 5.73 Å². The number of rotatable bonds is 4. The van der Waals surface area contributed by atoms with Crippen molar-refractivity contribution in [1.29, 1.82) is 0 Å². The summed E-state index contributed by atoms with van der Waals surface area (Å²) < 4.78 is 31.5. The monoisotopic (exact) mass is 247 g/mol. The van der Waals surface area contributed by atoms with E-state index in [2.05, 4.69) is 4.74 Å². The van der Waals surface area contributed by atoms with E-state index in [0.717, 1.165) is 6.26 Å². The van der Waals surface area contributed by atoms with Gasteiger partial charge in [0.05, 0.1) is 18.9 Å². The summed E-state index contributed by atoms with van der Waals surface area (Å²) in [6, 6.07) is 2.07. The van der Waals surface area contributed by atoms with Crippen LogP contribution in [0.1, 0.15) is 22.4 Å². The highest BCUT2D eigenvalue weighted by Crippen LogP contribution is 2.16. The molecule has 0 aliphatic rings. The molecule has 1 unspecified atom stereocenters. The molecule has 0 fully saturated rings. The fraction of sp³-hybridized carbons (Fsp3) is 0.444. The molecule has 0 aromatic carbocycles. The number of carbonyl (C=O) groups excluding carboxylic acids is 1. The van der Waals surface area contributed by atoms with E-state index in [4.69, 9.17) is 10.2 Å². The Hall–Kier alpha value is -1.34.